The van der Waals surface area contributed by atoms with Crippen molar-refractivity contribution in [3.63, 3.8) is 0 Å². The summed E-state index contributed by atoms with van der Waals surface area (Å²) in [7, 11) is 0. The smallest absolute Gasteiger partial charge is 0.231 e. The summed E-state index contributed by atoms with van der Waals surface area (Å²) in [5.41, 5.74) is 0.216. The summed E-state index contributed by atoms with van der Waals surface area (Å²) in [4.78, 5) is 4.73. The van der Waals surface area contributed by atoms with Gasteiger partial charge in [-0.15, -0.1) is 0 Å². The monoisotopic (exact) mass is 269 g/mol. The Morgan fingerprint density at radius 3 is 2.25 bits per heavy atom. The third-order valence-electron chi connectivity index (χ3n) is 6.23. The molecule has 2 atom stereocenters. The van der Waals surface area contributed by atoms with Gasteiger partial charge in [0.25, 0.3) is 0 Å². The van der Waals surface area contributed by atoms with Crippen molar-refractivity contribution in [2.24, 2.45) is 23.7 Å². The maximum absolute atomic E-state index is 8.93. The van der Waals surface area contributed by atoms with E-state index in [0.29, 0.717) is 0 Å². The van der Waals surface area contributed by atoms with Crippen LogP contribution in [0.1, 0.15) is 62.6 Å². The molecular formula is C16H19N3O. The molecule has 0 aliphatic heterocycles. The maximum atomic E-state index is 8.93. The summed E-state index contributed by atoms with van der Waals surface area (Å²) >= 11 is 0. The molecule has 4 bridgehead atoms. The largest absolute Gasteiger partial charge is 0.339 e. The van der Waals surface area contributed by atoms with Crippen LogP contribution in [0.3, 0.4) is 0 Å². The van der Waals surface area contributed by atoms with Crippen molar-refractivity contribution < 1.29 is 4.52 Å². The molecule has 0 amide bonds. The second-order valence-electron chi connectivity index (χ2n) is 7.73. The van der Waals surface area contributed by atoms with Crippen LogP contribution >= 0.6 is 0 Å². The fourth-order valence-electron chi connectivity index (χ4n) is 5.60. The number of rotatable bonds is 2. The van der Waals surface area contributed by atoms with Crippen molar-refractivity contribution in [1.29, 1.82) is 5.26 Å². The lowest BCUT2D eigenvalue weighted by molar-refractivity contribution is -0.0103. The van der Waals surface area contributed by atoms with Crippen LogP contribution in [0.2, 0.25) is 0 Å². The molecule has 0 spiro atoms. The van der Waals surface area contributed by atoms with Crippen molar-refractivity contribution >= 4 is 0 Å². The van der Waals surface area contributed by atoms with E-state index in [1.165, 1.54) is 38.5 Å². The van der Waals surface area contributed by atoms with E-state index < -0.39 is 0 Å². The molecule has 1 aromatic heterocycles. The van der Waals surface area contributed by atoms with Crippen LogP contribution in [0.5, 0.6) is 0 Å². The van der Waals surface area contributed by atoms with Gasteiger partial charge < -0.3 is 4.52 Å². The molecule has 0 aromatic carbocycles. The molecule has 5 aliphatic carbocycles. The van der Waals surface area contributed by atoms with E-state index in [4.69, 9.17) is 14.8 Å². The molecule has 4 heteroatoms. The van der Waals surface area contributed by atoms with Gasteiger partial charge in [0, 0.05) is 5.41 Å². The predicted molar refractivity (Wildman–Crippen MR) is 70.6 cm³/mol. The van der Waals surface area contributed by atoms with E-state index >= 15 is 0 Å². The van der Waals surface area contributed by atoms with Crippen LogP contribution in [-0.4, -0.2) is 10.1 Å². The Hall–Kier alpha value is -1.37. The van der Waals surface area contributed by atoms with Crippen molar-refractivity contribution in [2.75, 3.05) is 0 Å². The lowest BCUT2D eigenvalue weighted by Gasteiger charge is -2.55. The predicted octanol–water partition coefficient (Wildman–Crippen LogP) is 3.16. The Balaban J connectivity index is 1.47. The zero-order valence-corrected chi connectivity index (χ0v) is 11.6. The maximum Gasteiger partial charge on any atom is 0.231 e. The SMILES string of the molecule is N#CC1CC1c1nc(C23CC4CC(CC(C4)C2)C3)no1. The Morgan fingerprint density at radius 1 is 1.05 bits per heavy atom. The van der Waals surface area contributed by atoms with Gasteiger partial charge in [-0.3, -0.25) is 0 Å². The summed E-state index contributed by atoms with van der Waals surface area (Å²) in [6.45, 7) is 0. The van der Waals surface area contributed by atoms with Crippen LogP contribution < -0.4 is 0 Å². The van der Waals surface area contributed by atoms with Gasteiger partial charge in [-0.1, -0.05) is 5.16 Å². The van der Waals surface area contributed by atoms with Gasteiger partial charge in [0.05, 0.1) is 17.9 Å². The molecule has 0 saturated heterocycles. The number of hydrogen-bond donors (Lipinski definition) is 0. The van der Waals surface area contributed by atoms with Crippen LogP contribution in [0.15, 0.2) is 4.52 Å². The highest BCUT2D eigenvalue weighted by atomic mass is 16.5. The number of nitrogens with zero attached hydrogens (tertiary/aromatic N) is 3. The highest BCUT2D eigenvalue weighted by molar-refractivity contribution is 5.20. The molecule has 1 aromatic rings. The minimum absolute atomic E-state index is 0.111. The van der Waals surface area contributed by atoms with E-state index in [0.717, 1.165) is 35.9 Å². The molecule has 104 valence electrons. The molecule has 4 nitrogen and oxygen atoms in total. The van der Waals surface area contributed by atoms with Gasteiger partial charge in [-0.25, -0.2) is 0 Å². The fraction of sp³-hybridized carbons (Fsp3) is 0.812. The van der Waals surface area contributed by atoms with Gasteiger partial charge in [0.15, 0.2) is 5.82 Å². The minimum atomic E-state index is 0.111. The van der Waals surface area contributed by atoms with E-state index in [1.807, 2.05) is 0 Å². The summed E-state index contributed by atoms with van der Waals surface area (Å²) < 4.78 is 5.50. The van der Waals surface area contributed by atoms with Gasteiger partial charge in [0.1, 0.15) is 0 Å². The molecule has 0 radical (unpaired) electrons. The first-order valence-corrected chi connectivity index (χ1v) is 7.99. The van der Waals surface area contributed by atoms with Crippen molar-refractivity contribution in [3.8, 4) is 6.07 Å². The molecule has 20 heavy (non-hydrogen) atoms. The van der Waals surface area contributed by atoms with Crippen LogP contribution in [0.25, 0.3) is 0 Å². The average molecular weight is 269 g/mol. The average Bonchev–Trinajstić information content (AvgIpc) is 3.03. The number of nitriles is 1. The standard InChI is InChI=1S/C16H19N3O/c17-8-12-4-13(12)14-18-15(19-20-14)16-5-9-1-10(6-16)3-11(2-9)7-16/h9-13H,1-7H2. The number of aromatic nitrogens is 2. The molecule has 6 rings (SSSR count). The first kappa shape index (κ1) is 11.3. The van der Waals surface area contributed by atoms with Crippen LogP contribution in [0.4, 0.5) is 0 Å². The zero-order valence-electron chi connectivity index (χ0n) is 11.6. The third-order valence-corrected chi connectivity index (χ3v) is 6.23. The van der Waals surface area contributed by atoms with Gasteiger partial charge >= 0.3 is 0 Å². The molecule has 0 N–H and O–H groups in total. The van der Waals surface area contributed by atoms with Crippen LogP contribution in [0, 0.1) is 35.0 Å². The van der Waals surface area contributed by atoms with E-state index in [2.05, 4.69) is 11.2 Å². The third kappa shape index (κ3) is 1.47. The summed E-state index contributed by atoms with van der Waals surface area (Å²) in [6, 6.07) is 2.30. The summed E-state index contributed by atoms with van der Waals surface area (Å²) in [6.07, 6.45) is 9.01. The highest BCUT2D eigenvalue weighted by Gasteiger charge is 2.54. The van der Waals surface area contributed by atoms with Crippen LogP contribution in [-0.2, 0) is 5.41 Å². The van der Waals surface area contributed by atoms with E-state index in [9.17, 15) is 0 Å². The fourth-order valence-corrected chi connectivity index (χ4v) is 5.60. The van der Waals surface area contributed by atoms with Gasteiger partial charge in [0.2, 0.25) is 5.89 Å². The summed E-state index contributed by atoms with van der Waals surface area (Å²) in [5, 5.41) is 13.3. The van der Waals surface area contributed by atoms with E-state index in [1.54, 1.807) is 0 Å². The van der Waals surface area contributed by atoms with Gasteiger partial charge in [-0.05, 0) is 62.7 Å². The second-order valence-corrected chi connectivity index (χ2v) is 7.73. The second kappa shape index (κ2) is 3.63. The van der Waals surface area contributed by atoms with E-state index in [-0.39, 0.29) is 17.3 Å². The molecule has 5 fully saturated rings. The molecule has 5 aliphatic rings. The Morgan fingerprint density at radius 2 is 1.70 bits per heavy atom. The zero-order chi connectivity index (χ0) is 13.3. The normalized spacial score (nSPS) is 48.2. The first-order chi connectivity index (χ1) is 9.76. The lowest BCUT2D eigenvalue weighted by atomic mass is 9.49. The molecular weight excluding hydrogens is 250 g/mol. The molecule has 5 saturated carbocycles. The van der Waals surface area contributed by atoms with Crippen molar-refractivity contribution in [1.82, 2.24) is 10.1 Å². The topological polar surface area (TPSA) is 62.7 Å². The Kier molecular flexibility index (Phi) is 2.05. The summed E-state index contributed by atoms with van der Waals surface area (Å²) in [5.74, 6) is 4.72. The Labute approximate surface area is 118 Å². The first-order valence-electron chi connectivity index (χ1n) is 7.99. The molecule has 2 unspecified atom stereocenters. The Bertz CT molecular complexity index is 564. The quantitative estimate of drug-likeness (QED) is 0.827. The lowest BCUT2D eigenvalue weighted by Crippen LogP contribution is -2.49. The highest BCUT2D eigenvalue weighted by Crippen LogP contribution is 2.60. The van der Waals surface area contributed by atoms with Crippen molar-refractivity contribution in [3.05, 3.63) is 11.7 Å². The van der Waals surface area contributed by atoms with Gasteiger partial charge in [-0.2, -0.15) is 10.2 Å². The minimum Gasteiger partial charge on any atom is -0.339 e. The number of hydrogen-bond acceptors (Lipinski definition) is 4. The van der Waals surface area contributed by atoms with Crippen molar-refractivity contribution in [2.45, 2.75) is 56.3 Å². The molecule has 1 heterocycles.